The predicted molar refractivity (Wildman–Crippen MR) is 79.1 cm³/mol. The van der Waals surface area contributed by atoms with Gasteiger partial charge in [-0.1, -0.05) is 6.07 Å². The maximum absolute atomic E-state index is 12.4. The van der Waals surface area contributed by atoms with E-state index in [1.165, 1.54) is 29.7 Å². The molecule has 0 bridgehead atoms. The van der Waals surface area contributed by atoms with Gasteiger partial charge in [-0.3, -0.25) is 4.79 Å². The number of nitrogens with zero attached hydrogens (tertiary/aromatic N) is 1. The maximum atomic E-state index is 12.4. The molecule has 4 rings (SSSR count). The molecule has 1 aromatic carbocycles. The van der Waals surface area contributed by atoms with E-state index in [2.05, 4.69) is 21.6 Å². The number of hydrogen-bond donors (Lipinski definition) is 2. The van der Waals surface area contributed by atoms with Gasteiger partial charge in [0.25, 0.3) is 5.91 Å². The van der Waals surface area contributed by atoms with Crippen LogP contribution in [0.4, 0.5) is 5.69 Å². The summed E-state index contributed by atoms with van der Waals surface area (Å²) in [5.74, 6) is 0.850. The molecule has 106 valence electrons. The lowest BCUT2D eigenvalue weighted by molar-refractivity contribution is 0.0951. The van der Waals surface area contributed by atoms with Crippen molar-refractivity contribution in [3.05, 3.63) is 28.8 Å². The van der Waals surface area contributed by atoms with Crippen LogP contribution in [0, 0.1) is 5.92 Å². The molecule has 0 atom stereocenters. The Bertz CT molecular complexity index is 551. The molecule has 20 heavy (non-hydrogen) atoms. The molecule has 4 nitrogen and oxygen atoms in total. The summed E-state index contributed by atoms with van der Waals surface area (Å²) in [6.07, 6.45) is 3.56. The van der Waals surface area contributed by atoms with Crippen molar-refractivity contribution < 1.29 is 4.79 Å². The second kappa shape index (κ2) is 4.77. The third kappa shape index (κ3) is 2.08. The van der Waals surface area contributed by atoms with Crippen molar-refractivity contribution in [1.29, 1.82) is 0 Å². The summed E-state index contributed by atoms with van der Waals surface area (Å²) >= 11 is 0. The van der Waals surface area contributed by atoms with E-state index in [1.807, 2.05) is 6.07 Å². The molecule has 0 unspecified atom stereocenters. The van der Waals surface area contributed by atoms with Gasteiger partial charge in [0.05, 0.1) is 0 Å². The zero-order valence-corrected chi connectivity index (χ0v) is 11.7. The summed E-state index contributed by atoms with van der Waals surface area (Å²) < 4.78 is 0. The maximum Gasteiger partial charge on any atom is 0.251 e. The number of benzene rings is 1. The van der Waals surface area contributed by atoms with Crippen molar-refractivity contribution in [2.24, 2.45) is 5.92 Å². The average Bonchev–Trinajstić information content (AvgIpc) is 3.23. The van der Waals surface area contributed by atoms with Gasteiger partial charge < -0.3 is 15.5 Å². The molecular formula is C16H21N3O. The van der Waals surface area contributed by atoms with Gasteiger partial charge in [0.2, 0.25) is 0 Å². The smallest absolute Gasteiger partial charge is 0.251 e. The second-order valence-electron chi connectivity index (χ2n) is 6.17. The Morgan fingerprint density at radius 2 is 2.25 bits per heavy atom. The van der Waals surface area contributed by atoms with Gasteiger partial charge in [0, 0.05) is 44.0 Å². The summed E-state index contributed by atoms with van der Waals surface area (Å²) in [6, 6.07) is 4.15. The van der Waals surface area contributed by atoms with E-state index in [0.29, 0.717) is 0 Å². The highest BCUT2D eigenvalue weighted by molar-refractivity contribution is 5.98. The molecule has 0 radical (unpaired) electrons. The lowest BCUT2D eigenvalue weighted by Crippen LogP contribution is -2.27. The number of carbonyl (C=O) groups is 1. The van der Waals surface area contributed by atoms with Crippen LogP contribution in [0.3, 0.4) is 0 Å². The average molecular weight is 271 g/mol. The SMILES string of the molecule is O=C(NCC1CC1)c1ccc2c3c1CCN3CCNC2. The Kier molecular flexibility index (Phi) is 2.91. The van der Waals surface area contributed by atoms with Crippen LogP contribution in [-0.2, 0) is 13.0 Å². The van der Waals surface area contributed by atoms with E-state index >= 15 is 0 Å². The molecule has 0 spiro atoms. The zero-order valence-electron chi connectivity index (χ0n) is 11.7. The Hall–Kier alpha value is -1.55. The highest BCUT2D eigenvalue weighted by Crippen LogP contribution is 2.35. The lowest BCUT2D eigenvalue weighted by Gasteiger charge is -2.19. The topological polar surface area (TPSA) is 44.4 Å². The minimum absolute atomic E-state index is 0.119. The third-order valence-corrected chi connectivity index (χ3v) is 4.68. The van der Waals surface area contributed by atoms with Crippen LogP contribution in [0.25, 0.3) is 0 Å². The first-order valence-electron chi connectivity index (χ1n) is 7.71. The summed E-state index contributed by atoms with van der Waals surface area (Å²) in [5, 5.41) is 6.55. The summed E-state index contributed by atoms with van der Waals surface area (Å²) in [7, 11) is 0. The molecule has 3 aliphatic rings. The summed E-state index contributed by atoms with van der Waals surface area (Å²) in [4.78, 5) is 14.8. The van der Waals surface area contributed by atoms with Gasteiger partial charge in [-0.2, -0.15) is 0 Å². The quantitative estimate of drug-likeness (QED) is 0.871. The molecule has 1 aliphatic carbocycles. The van der Waals surface area contributed by atoms with Crippen LogP contribution in [0.15, 0.2) is 12.1 Å². The Morgan fingerprint density at radius 3 is 3.10 bits per heavy atom. The Labute approximate surface area is 119 Å². The first kappa shape index (κ1) is 12.2. The van der Waals surface area contributed by atoms with Gasteiger partial charge in [-0.15, -0.1) is 0 Å². The number of hydrogen-bond acceptors (Lipinski definition) is 3. The van der Waals surface area contributed by atoms with Gasteiger partial charge in [0.15, 0.2) is 0 Å². The normalized spacial score (nSPS) is 20.5. The minimum Gasteiger partial charge on any atom is -0.369 e. The van der Waals surface area contributed by atoms with Crippen molar-refractivity contribution in [2.45, 2.75) is 25.8 Å². The molecule has 1 amide bonds. The molecule has 1 fully saturated rings. The van der Waals surface area contributed by atoms with Crippen LogP contribution in [-0.4, -0.2) is 32.1 Å². The van der Waals surface area contributed by atoms with Crippen LogP contribution in [0.5, 0.6) is 0 Å². The van der Waals surface area contributed by atoms with Crippen LogP contribution in [0.2, 0.25) is 0 Å². The van der Waals surface area contributed by atoms with E-state index in [4.69, 9.17) is 0 Å². The van der Waals surface area contributed by atoms with Gasteiger partial charge in [-0.05, 0) is 42.4 Å². The van der Waals surface area contributed by atoms with Crippen LogP contribution in [0.1, 0.15) is 34.3 Å². The number of carbonyl (C=O) groups excluding carboxylic acids is 1. The van der Waals surface area contributed by atoms with E-state index in [9.17, 15) is 4.79 Å². The first-order chi connectivity index (χ1) is 9.83. The van der Waals surface area contributed by atoms with E-state index in [0.717, 1.165) is 50.6 Å². The van der Waals surface area contributed by atoms with E-state index in [-0.39, 0.29) is 5.91 Å². The summed E-state index contributed by atoms with van der Waals surface area (Å²) in [6.45, 7) is 4.89. The predicted octanol–water partition coefficient (Wildman–Crippen LogP) is 1.29. The monoisotopic (exact) mass is 271 g/mol. The van der Waals surface area contributed by atoms with Crippen molar-refractivity contribution >= 4 is 11.6 Å². The second-order valence-corrected chi connectivity index (χ2v) is 6.17. The zero-order chi connectivity index (χ0) is 13.5. The highest BCUT2D eigenvalue weighted by atomic mass is 16.1. The van der Waals surface area contributed by atoms with Crippen molar-refractivity contribution in [3.63, 3.8) is 0 Å². The first-order valence-corrected chi connectivity index (χ1v) is 7.71. The van der Waals surface area contributed by atoms with Crippen molar-refractivity contribution in [2.75, 3.05) is 31.1 Å². The van der Waals surface area contributed by atoms with E-state index in [1.54, 1.807) is 0 Å². The fourth-order valence-electron chi connectivity index (χ4n) is 3.36. The fraction of sp³-hybridized carbons (Fsp3) is 0.562. The van der Waals surface area contributed by atoms with Gasteiger partial charge in [-0.25, -0.2) is 0 Å². The molecule has 4 heteroatoms. The van der Waals surface area contributed by atoms with Crippen LogP contribution < -0.4 is 15.5 Å². The van der Waals surface area contributed by atoms with Crippen molar-refractivity contribution in [3.8, 4) is 0 Å². The standard InChI is InChI=1S/C16H21N3O/c20-16(18-9-11-1-2-11)14-4-3-12-10-17-6-8-19-7-5-13(14)15(12)19/h3-4,11,17H,1-2,5-10H2,(H,18,20). The number of rotatable bonds is 3. The molecule has 1 saturated carbocycles. The third-order valence-electron chi connectivity index (χ3n) is 4.68. The fourth-order valence-corrected chi connectivity index (χ4v) is 3.36. The molecule has 2 N–H and O–H groups in total. The number of amides is 1. The largest absolute Gasteiger partial charge is 0.369 e. The molecule has 1 aromatic rings. The van der Waals surface area contributed by atoms with E-state index < -0.39 is 0 Å². The molecule has 2 aliphatic heterocycles. The molecule has 2 heterocycles. The molecular weight excluding hydrogens is 250 g/mol. The number of nitrogens with one attached hydrogen (secondary N) is 2. The van der Waals surface area contributed by atoms with Crippen LogP contribution >= 0.6 is 0 Å². The minimum atomic E-state index is 0.119. The Morgan fingerprint density at radius 1 is 1.35 bits per heavy atom. The molecule has 0 aromatic heterocycles. The highest BCUT2D eigenvalue weighted by Gasteiger charge is 2.29. The summed E-state index contributed by atoms with van der Waals surface area (Å²) in [5.41, 5.74) is 4.83. The van der Waals surface area contributed by atoms with Gasteiger partial charge in [0.1, 0.15) is 0 Å². The Balaban J connectivity index is 1.64. The lowest BCUT2D eigenvalue weighted by atomic mass is 10.00. The van der Waals surface area contributed by atoms with Gasteiger partial charge >= 0.3 is 0 Å². The molecule has 0 saturated heterocycles. The number of anilines is 1. The van der Waals surface area contributed by atoms with Crippen molar-refractivity contribution in [1.82, 2.24) is 10.6 Å².